The maximum atomic E-state index is 13.4. The number of fused-ring (bicyclic) bond motifs is 1. The Morgan fingerprint density at radius 1 is 1.07 bits per heavy atom. The number of halogens is 1. The molecule has 2 heterocycles. The van der Waals surface area contributed by atoms with E-state index in [1.807, 2.05) is 29.6 Å². The minimum atomic E-state index is -3.83. The molecule has 0 radical (unpaired) electrons. The van der Waals surface area contributed by atoms with Crippen molar-refractivity contribution in [3.8, 4) is 11.5 Å². The van der Waals surface area contributed by atoms with Crippen LogP contribution in [0.4, 0.5) is 4.39 Å². The van der Waals surface area contributed by atoms with Gasteiger partial charge >= 0.3 is 0 Å². The molecule has 0 N–H and O–H groups in total. The summed E-state index contributed by atoms with van der Waals surface area (Å²) < 4.78 is 52.6. The van der Waals surface area contributed by atoms with Gasteiger partial charge in [0.15, 0.2) is 11.5 Å². The molecule has 0 bridgehead atoms. The zero-order chi connectivity index (χ0) is 20.6. The first-order chi connectivity index (χ1) is 14.0. The van der Waals surface area contributed by atoms with Gasteiger partial charge in [0, 0.05) is 11.4 Å². The van der Waals surface area contributed by atoms with Crippen molar-refractivity contribution in [2.75, 3.05) is 20.8 Å². The molecule has 3 aromatic rings. The van der Waals surface area contributed by atoms with Gasteiger partial charge < -0.3 is 9.47 Å². The maximum Gasteiger partial charge on any atom is 0.243 e. The Kier molecular flexibility index (Phi) is 5.33. The van der Waals surface area contributed by atoms with Gasteiger partial charge in [0.05, 0.1) is 25.2 Å². The molecule has 0 saturated carbocycles. The maximum absolute atomic E-state index is 13.4. The van der Waals surface area contributed by atoms with Gasteiger partial charge in [0.1, 0.15) is 5.82 Å². The van der Waals surface area contributed by atoms with E-state index < -0.39 is 21.9 Å². The molecule has 0 saturated heterocycles. The highest BCUT2D eigenvalue weighted by Gasteiger charge is 2.38. The van der Waals surface area contributed by atoms with Crippen LogP contribution in [0.3, 0.4) is 0 Å². The summed E-state index contributed by atoms with van der Waals surface area (Å²) in [5.41, 5.74) is 1.88. The normalized spacial score (nSPS) is 17.0. The van der Waals surface area contributed by atoms with E-state index in [1.54, 1.807) is 14.2 Å². The molecule has 0 amide bonds. The highest BCUT2D eigenvalue weighted by atomic mass is 32.2. The Hall–Kier alpha value is -2.42. The lowest BCUT2D eigenvalue weighted by atomic mass is 9.92. The molecule has 2 aromatic carbocycles. The van der Waals surface area contributed by atoms with Gasteiger partial charge in [-0.1, -0.05) is 6.07 Å². The minimum absolute atomic E-state index is 0.0735. The average Bonchev–Trinajstić information content (AvgIpc) is 3.26. The summed E-state index contributed by atoms with van der Waals surface area (Å²) in [4.78, 5) is 0.980. The predicted molar refractivity (Wildman–Crippen MR) is 110 cm³/mol. The summed E-state index contributed by atoms with van der Waals surface area (Å²) >= 11 is 1.50. The first-order valence-corrected chi connectivity index (χ1v) is 11.3. The third-order valence-electron chi connectivity index (χ3n) is 5.06. The van der Waals surface area contributed by atoms with E-state index in [0.29, 0.717) is 24.5 Å². The molecule has 29 heavy (non-hydrogen) atoms. The van der Waals surface area contributed by atoms with Crippen molar-refractivity contribution < 1.29 is 22.3 Å². The van der Waals surface area contributed by atoms with Crippen LogP contribution in [-0.2, 0) is 16.4 Å². The summed E-state index contributed by atoms with van der Waals surface area (Å²) in [5.74, 6) is 0.694. The van der Waals surface area contributed by atoms with Gasteiger partial charge in [-0.3, -0.25) is 0 Å². The highest BCUT2D eigenvalue weighted by Crippen LogP contribution is 2.44. The zero-order valence-corrected chi connectivity index (χ0v) is 17.6. The quantitative estimate of drug-likeness (QED) is 0.604. The molecule has 1 aromatic heterocycles. The summed E-state index contributed by atoms with van der Waals surface area (Å²) in [5, 5.41) is 1.92. The van der Waals surface area contributed by atoms with Crippen molar-refractivity contribution in [1.82, 2.24) is 4.31 Å². The second-order valence-corrected chi connectivity index (χ2v) is 9.51. The number of thiophene rings is 1. The second kappa shape index (κ2) is 7.78. The molecule has 0 fully saturated rings. The Balaban J connectivity index is 1.87. The Morgan fingerprint density at radius 2 is 1.76 bits per heavy atom. The smallest absolute Gasteiger partial charge is 0.243 e. The lowest BCUT2D eigenvalue weighted by molar-refractivity contribution is 0.334. The second-order valence-electron chi connectivity index (χ2n) is 6.64. The molecule has 5 nitrogen and oxygen atoms in total. The third-order valence-corrected chi connectivity index (χ3v) is 7.87. The molecule has 1 atom stereocenters. The predicted octanol–water partition coefficient (Wildman–Crippen LogP) is 4.24. The molecule has 1 aliphatic rings. The van der Waals surface area contributed by atoms with Crippen LogP contribution in [0.15, 0.2) is 58.8 Å². The van der Waals surface area contributed by atoms with Crippen LogP contribution >= 0.6 is 11.3 Å². The van der Waals surface area contributed by atoms with Gasteiger partial charge in [-0.15, -0.1) is 11.3 Å². The first-order valence-electron chi connectivity index (χ1n) is 9.01. The summed E-state index contributed by atoms with van der Waals surface area (Å²) in [7, 11) is -0.696. The molecule has 1 unspecified atom stereocenters. The molecule has 152 valence electrons. The largest absolute Gasteiger partial charge is 0.493 e. The number of ether oxygens (including phenoxy) is 2. The number of rotatable bonds is 5. The number of benzene rings is 2. The molecule has 0 spiro atoms. The third kappa shape index (κ3) is 3.52. The molecular formula is C21H20FNO4S2. The molecule has 1 aliphatic heterocycles. The fourth-order valence-corrected chi connectivity index (χ4v) is 6.17. The number of sulfonamides is 1. The SMILES string of the molecule is COc1cc2c(cc1OC)C(c1cccs1)N(S(=O)(=O)c1ccc(F)cc1)CC2. The Morgan fingerprint density at radius 3 is 2.38 bits per heavy atom. The van der Waals surface area contributed by atoms with Gasteiger partial charge in [-0.25, -0.2) is 12.8 Å². The number of nitrogens with zero attached hydrogens (tertiary/aromatic N) is 1. The standard InChI is InChI=1S/C21H20FNO4S2/c1-26-18-12-14-9-10-23(29(24,25)16-7-5-15(22)6-8-16)21(20-4-3-11-28-20)17(14)13-19(18)27-2/h3-8,11-13,21H,9-10H2,1-2H3. The Labute approximate surface area is 173 Å². The highest BCUT2D eigenvalue weighted by molar-refractivity contribution is 7.89. The van der Waals surface area contributed by atoms with E-state index in [4.69, 9.17) is 9.47 Å². The van der Waals surface area contributed by atoms with Crippen LogP contribution in [0.5, 0.6) is 11.5 Å². The molecule has 4 rings (SSSR count). The molecule has 8 heteroatoms. The number of hydrogen-bond donors (Lipinski definition) is 0. The van der Waals surface area contributed by atoms with Crippen LogP contribution in [0.1, 0.15) is 22.0 Å². The van der Waals surface area contributed by atoms with Gasteiger partial charge in [0.2, 0.25) is 10.0 Å². The number of hydrogen-bond acceptors (Lipinski definition) is 5. The van der Waals surface area contributed by atoms with Crippen LogP contribution in [0.25, 0.3) is 0 Å². The van der Waals surface area contributed by atoms with Crippen molar-refractivity contribution in [3.05, 3.63) is 75.7 Å². The van der Waals surface area contributed by atoms with E-state index in [1.165, 1.54) is 39.9 Å². The van der Waals surface area contributed by atoms with E-state index >= 15 is 0 Å². The lowest BCUT2D eigenvalue weighted by Crippen LogP contribution is -2.40. The van der Waals surface area contributed by atoms with Crippen LogP contribution in [0, 0.1) is 5.82 Å². The van der Waals surface area contributed by atoms with Gasteiger partial charge in [-0.05, 0) is 65.4 Å². The minimum Gasteiger partial charge on any atom is -0.493 e. The summed E-state index contributed by atoms with van der Waals surface area (Å²) in [6.07, 6.45) is 0.540. The topological polar surface area (TPSA) is 55.8 Å². The van der Waals surface area contributed by atoms with Crippen LogP contribution in [-0.4, -0.2) is 33.5 Å². The summed E-state index contributed by atoms with van der Waals surface area (Å²) in [6.45, 7) is 0.310. The van der Waals surface area contributed by atoms with Crippen molar-refractivity contribution in [2.45, 2.75) is 17.4 Å². The van der Waals surface area contributed by atoms with Crippen LogP contribution < -0.4 is 9.47 Å². The molecule has 0 aliphatic carbocycles. The van der Waals surface area contributed by atoms with Gasteiger partial charge in [0.25, 0.3) is 0 Å². The van der Waals surface area contributed by atoms with Crippen molar-refractivity contribution in [2.24, 2.45) is 0 Å². The fraction of sp³-hybridized carbons (Fsp3) is 0.238. The monoisotopic (exact) mass is 433 g/mol. The van der Waals surface area contributed by atoms with E-state index in [2.05, 4.69) is 0 Å². The van der Waals surface area contributed by atoms with E-state index in [-0.39, 0.29) is 4.90 Å². The zero-order valence-electron chi connectivity index (χ0n) is 16.0. The van der Waals surface area contributed by atoms with Crippen molar-refractivity contribution in [3.63, 3.8) is 0 Å². The average molecular weight is 434 g/mol. The molecular weight excluding hydrogens is 413 g/mol. The van der Waals surface area contributed by atoms with Crippen molar-refractivity contribution in [1.29, 1.82) is 0 Å². The first kappa shape index (κ1) is 19.9. The van der Waals surface area contributed by atoms with Crippen molar-refractivity contribution >= 4 is 21.4 Å². The number of methoxy groups -OCH3 is 2. The fourth-order valence-electron chi connectivity index (χ4n) is 3.67. The lowest BCUT2D eigenvalue weighted by Gasteiger charge is -2.36. The Bertz CT molecular complexity index is 1110. The summed E-state index contributed by atoms with van der Waals surface area (Å²) in [6, 6.07) is 12.0. The van der Waals surface area contributed by atoms with E-state index in [0.717, 1.165) is 16.0 Å². The van der Waals surface area contributed by atoms with Gasteiger partial charge in [-0.2, -0.15) is 4.31 Å². The van der Waals surface area contributed by atoms with Crippen LogP contribution in [0.2, 0.25) is 0 Å². The van der Waals surface area contributed by atoms with E-state index in [9.17, 15) is 12.8 Å².